The van der Waals surface area contributed by atoms with Crippen molar-refractivity contribution in [3.05, 3.63) is 23.2 Å². The number of furan rings is 1. The largest absolute Gasteiger partial charge is 0.456 e. The van der Waals surface area contributed by atoms with E-state index < -0.39 is 0 Å². The van der Waals surface area contributed by atoms with Gasteiger partial charge in [0.25, 0.3) is 5.91 Å². The molecule has 22 heavy (non-hydrogen) atoms. The molecule has 2 rings (SSSR count). The first kappa shape index (κ1) is 17.0. The maximum absolute atomic E-state index is 12.3. The van der Waals surface area contributed by atoms with Gasteiger partial charge in [-0.2, -0.15) is 0 Å². The number of hydrogen-bond acceptors (Lipinski definition) is 4. The van der Waals surface area contributed by atoms with Gasteiger partial charge in [0.15, 0.2) is 5.76 Å². The number of carbonyl (C=O) groups is 1. The summed E-state index contributed by atoms with van der Waals surface area (Å²) in [5.41, 5.74) is 1.19. The number of carbonyl (C=O) groups excluding carboxylic acids is 1. The van der Waals surface area contributed by atoms with Crippen molar-refractivity contribution in [2.45, 2.75) is 40.7 Å². The Morgan fingerprint density at radius 1 is 1.32 bits per heavy atom. The van der Waals surface area contributed by atoms with Crippen molar-refractivity contribution in [1.82, 2.24) is 10.2 Å². The predicted octanol–water partition coefficient (Wildman–Crippen LogP) is 2.45. The maximum Gasteiger partial charge on any atom is 0.287 e. The van der Waals surface area contributed by atoms with Crippen LogP contribution in [0.15, 0.2) is 10.5 Å². The van der Waals surface area contributed by atoms with Gasteiger partial charge < -0.3 is 14.5 Å². The predicted molar refractivity (Wildman–Crippen MR) is 86.0 cm³/mol. The van der Waals surface area contributed by atoms with Crippen LogP contribution in [0.2, 0.25) is 0 Å². The zero-order chi connectivity index (χ0) is 16.2. The lowest BCUT2D eigenvalue weighted by molar-refractivity contribution is -0.0978. The van der Waals surface area contributed by atoms with Gasteiger partial charge in [-0.05, 0) is 19.2 Å². The summed E-state index contributed by atoms with van der Waals surface area (Å²) in [4.78, 5) is 14.6. The lowest BCUT2D eigenvalue weighted by Gasteiger charge is -2.37. The summed E-state index contributed by atoms with van der Waals surface area (Å²) < 4.78 is 11.0. The van der Waals surface area contributed by atoms with Crippen LogP contribution in [0.25, 0.3) is 0 Å². The summed E-state index contributed by atoms with van der Waals surface area (Å²) >= 11 is 0. The van der Waals surface area contributed by atoms with Gasteiger partial charge in [0.05, 0.1) is 13.2 Å². The molecule has 5 heteroatoms. The van der Waals surface area contributed by atoms with Crippen LogP contribution in [-0.2, 0) is 17.7 Å². The van der Waals surface area contributed by atoms with Gasteiger partial charge in [-0.15, -0.1) is 0 Å². The van der Waals surface area contributed by atoms with Crippen LogP contribution < -0.4 is 5.32 Å². The SMILES string of the molecule is CCc1oc(C(=O)NCC2(C)COC2)cc1CN(CC)CC. The van der Waals surface area contributed by atoms with Crippen molar-refractivity contribution in [1.29, 1.82) is 0 Å². The molecule has 0 bridgehead atoms. The van der Waals surface area contributed by atoms with Crippen molar-refractivity contribution in [3.63, 3.8) is 0 Å². The fraction of sp³-hybridized carbons (Fsp3) is 0.706. The van der Waals surface area contributed by atoms with E-state index in [2.05, 4.69) is 37.9 Å². The number of hydrogen-bond donors (Lipinski definition) is 1. The molecule has 0 aromatic carbocycles. The van der Waals surface area contributed by atoms with Crippen molar-refractivity contribution in [2.75, 3.05) is 32.8 Å². The van der Waals surface area contributed by atoms with E-state index in [4.69, 9.17) is 9.15 Å². The summed E-state index contributed by atoms with van der Waals surface area (Å²) in [6.45, 7) is 13.3. The maximum atomic E-state index is 12.3. The quantitative estimate of drug-likeness (QED) is 0.801. The molecule has 0 atom stereocenters. The van der Waals surface area contributed by atoms with E-state index in [-0.39, 0.29) is 11.3 Å². The molecule has 0 radical (unpaired) electrons. The Bertz CT molecular complexity index is 502. The molecule has 5 nitrogen and oxygen atoms in total. The van der Waals surface area contributed by atoms with E-state index in [9.17, 15) is 4.79 Å². The number of ether oxygens (including phenoxy) is 1. The van der Waals surface area contributed by atoms with Crippen LogP contribution in [0.4, 0.5) is 0 Å². The number of amides is 1. The zero-order valence-electron chi connectivity index (χ0n) is 14.2. The summed E-state index contributed by atoms with van der Waals surface area (Å²) in [6.07, 6.45) is 0.801. The molecule has 0 aliphatic carbocycles. The summed E-state index contributed by atoms with van der Waals surface area (Å²) in [5, 5.41) is 2.96. The molecule has 2 heterocycles. The Hall–Kier alpha value is -1.33. The average molecular weight is 308 g/mol. The third-order valence-electron chi connectivity index (χ3n) is 4.31. The molecular formula is C17H28N2O3. The number of nitrogens with one attached hydrogen (secondary N) is 1. The van der Waals surface area contributed by atoms with Gasteiger partial charge in [-0.25, -0.2) is 0 Å². The highest BCUT2D eigenvalue weighted by atomic mass is 16.5. The molecule has 1 saturated heterocycles. The zero-order valence-corrected chi connectivity index (χ0v) is 14.2. The van der Waals surface area contributed by atoms with Crippen LogP contribution in [0.5, 0.6) is 0 Å². The highest BCUT2D eigenvalue weighted by Crippen LogP contribution is 2.25. The Morgan fingerprint density at radius 2 is 2.00 bits per heavy atom. The fourth-order valence-corrected chi connectivity index (χ4v) is 2.63. The lowest BCUT2D eigenvalue weighted by atomic mass is 9.89. The van der Waals surface area contributed by atoms with Crippen molar-refractivity contribution < 1.29 is 13.9 Å². The third kappa shape index (κ3) is 3.90. The Kier molecular flexibility index (Phi) is 5.64. The molecule has 124 valence electrons. The lowest BCUT2D eigenvalue weighted by Crippen LogP contribution is -2.48. The molecule has 1 amide bonds. The van der Waals surface area contributed by atoms with E-state index >= 15 is 0 Å². The van der Waals surface area contributed by atoms with Crippen LogP contribution in [0.3, 0.4) is 0 Å². The summed E-state index contributed by atoms with van der Waals surface area (Å²) in [6, 6.07) is 1.89. The van der Waals surface area contributed by atoms with Crippen LogP contribution in [0, 0.1) is 5.41 Å². The van der Waals surface area contributed by atoms with Crippen molar-refractivity contribution in [3.8, 4) is 0 Å². The normalized spacial score (nSPS) is 16.6. The standard InChI is InChI=1S/C17H28N2O3/c1-5-14-13(9-19(6-2)7-3)8-15(22-14)16(20)18-10-17(4)11-21-12-17/h8H,5-7,9-12H2,1-4H3,(H,18,20). The Morgan fingerprint density at radius 3 is 2.50 bits per heavy atom. The van der Waals surface area contributed by atoms with Crippen LogP contribution in [0.1, 0.15) is 49.6 Å². The number of nitrogens with zero attached hydrogens (tertiary/aromatic N) is 1. The smallest absolute Gasteiger partial charge is 0.287 e. The van der Waals surface area contributed by atoms with Gasteiger partial charge in [-0.3, -0.25) is 9.69 Å². The van der Waals surface area contributed by atoms with Crippen molar-refractivity contribution >= 4 is 5.91 Å². The van der Waals surface area contributed by atoms with Crippen LogP contribution in [-0.4, -0.2) is 43.7 Å². The second-order valence-electron chi connectivity index (χ2n) is 6.36. The highest BCUT2D eigenvalue weighted by Gasteiger charge is 2.34. The van der Waals surface area contributed by atoms with Gasteiger partial charge in [0.2, 0.25) is 0 Å². The summed E-state index contributed by atoms with van der Waals surface area (Å²) in [7, 11) is 0. The average Bonchev–Trinajstić information content (AvgIpc) is 2.91. The first-order valence-electron chi connectivity index (χ1n) is 8.21. The molecule has 0 unspecified atom stereocenters. The first-order chi connectivity index (χ1) is 10.5. The molecule has 1 aromatic heterocycles. The monoisotopic (exact) mass is 308 g/mol. The molecule has 1 aromatic rings. The second kappa shape index (κ2) is 7.29. The summed E-state index contributed by atoms with van der Waals surface area (Å²) in [5.74, 6) is 1.20. The highest BCUT2D eigenvalue weighted by molar-refractivity contribution is 5.91. The molecule has 0 spiro atoms. The van der Waals surface area contributed by atoms with Crippen molar-refractivity contribution in [2.24, 2.45) is 5.41 Å². The second-order valence-corrected chi connectivity index (χ2v) is 6.36. The minimum atomic E-state index is -0.131. The number of rotatable bonds is 8. The third-order valence-corrected chi connectivity index (χ3v) is 4.31. The minimum Gasteiger partial charge on any atom is -0.456 e. The van der Waals surface area contributed by atoms with E-state index in [0.29, 0.717) is 25.5 Å². The van der Waals surface area contributed by atoms with Gasteiger partial charge in [0.1, 0.15) is 5.76 Å². The molecule has 1 fully saturated rings. The fourth-order valence-electron chi connectivity index (χ4n) is 2.63. The molecule has 1 N–H and O–H groups in total. The topological polar surface area (TPSA) is 54.7 Å². The van der Waals surface area contributed by atoms with E-state index in [1.54, 1.807) is 0 Å². The minimum absolute atomic E-state index is 0.0693. The van der Waals surface area contributed by atoms with Crippen LogP contribution >= 0.6 is 0 Å². The van der Waals surface area contributed by atoms with Gasteiger partial charge >= 0.3 is 0 Å². The van der Waals surface area contributed by atoms with Gasteiger partial charge in [-0.1, -0.05) is 27.7 Å². The van der Waals surface area contributed by atoms with E-state index in [0.717, 1.165) is 37.4 Å². The first-order valence-corrected chi connectivity index (χ1v) is 8.21. The molecular weight excluding hydrogens is 280 g/mol. The van der Waals surface area contributed by atoms with Gasteiger partial charge in [0, 0.05) is 30.5 Å². The molecule has 1 aliphatic heterocycles. The Balaban J connectivity index is 2.01. The Labute approximate surface area is 133 Å². The molecule has 1 aliphatic rings. The number of aryl methyl sites for hydroxylation is 1. The molecule has 0 saturated carbocycles. The van der Waals surface area contributed by atoms with E-state index in [1.807, 2.05) is 6.07 Å². The van der Waals surface area contributed by atoms with E-state index in [1.165, 1.54) is 0 Å².